The quantitative estimate of drug-likeness (QED) is 0.209. The molecule has 0 saturated heterocycles. The van der Waals surface area contributed by atoms with Crippen molar-refractivity contribution in [2.45, 2.75) is 6.04 Å². The largest absolute Gasteiger partial charge is 0.315 e. The maximum Gasteiger partial charge on any atom is 0.116 e. The van der Waals surface area contributed by atoms with Gasteiger partial charge in [0.25, 0.3) is 0 Å². The van der Waals surface area contributed by atoms with Gasteiger partial charge >= 0.3 is 0 Å². The standard InChI is InChI=1S/C5H10FN3/c1-9(8)3-2-5(7)4-6/h5H,4,7-8H2,1H3. The molecule has 0 radical (unpaired) electrons. The van der Waals surface area contributed by atoms with Crippen LogP contribution in [0.3, 0.4) is 0 Å². The Morgan fingerprint density at radius 1 is 1.78 bits per heavy atom. The third-order valence-electron chi connectivity index (χ3n) is 0.593. The van der Waals surface area contributed by atoms with E-state index in [1.54, 1.807) is 7.05 Å². The second-order valence-electron chi connectivity index (χ2n) is 1.63. The molecule has 0 spiro atoms. The number of nitrogens with zero attached hydrogens (tertiary/aromatic N) is 1. The first kappa shape index (κ1) is 8.21. The molecule has 0 aromatic carbocycles. The first-order chi connectivity index (χ1) is 4.16. The van der Waals surface area contributed by atoms with Gasteiger partial charge in [-0.3, -0.25) is 5.01 Å². The first-order valence-electron chi connectivity index (χ1n) is 2.48. The maximum atomic E-state index is 11.6. The van der Waals surface area contributed by atoms with Gasteiger partial charge < -0.3 is 5.73 Å². The van der Waals surface area contributed by atoms with Crippen LogP contribution in [-0.2, 0) is 0 Å². The predicted octanol–water partition coefficient (Wildman–Crippen LogP) is -0.950. The van der Waals surface area contributed by atoms with Crippen molar-refractivity contribution in [2.24, 2.45) is 11.6 Å². The monoisotopic (exact) mass is 131 g/mol. The van der Waals surface area contributed by atoms with Gasteiger partial charge in [-0.05, 0) is 0 Å². The minimum Gasteiger partial charge on any atom is -0.315 e. The van der Waals surface area contributed by atoms with Gasteiger partial charge in [0.1, 0.15) is 6.67 Å². The summed E-state index contributed by atoms with van der Waals surface area (Å²) in [5.41, 5.74) is 5.09. The molecule has 3 nitrogen and oxygen atoms in total. The third-order valence-corrected chi connectivity index (χ3v) is 0.593. The van der Waals surface area contributed by atoms with Crippen molar-refractivity contribution in [2.75, 3.05) is 13.7 Å². The number of halogens is 1. The highest BCUT2D eigenvalue weighted by Crippen LogP contribution is 1.74. The smallest absolute Gasteiger partial charge is 0.116 e. The second-order valence-corrected chi connectivity index (χ2v) is 1.63. The van der Waals surface area contributed by atoms with Crippen LogP contribution in [0.1, 0.15) is 0 Å². The molecule has 9 heavy (non-hydrogen) atoms. The number of hydrogen-bond donors (Lipinski definition) is 2. The molecular formula is C5H10FN3. The summed E-state index contributed by atoms with van der Waals surface area (Å²) in [4.78, 5) is 0. The minimum absolute atomic E-state index is 0.638. The normalized spacial score (nSPS) is 11.6. The number of hydrogen-bond acceptors (Lipinski definition) is 3. The van der Waals surface area contributed by atoms with Crippen LogP contribution in [0, 0.1) is 12.0 Å². The molecule has 0 saturated carbocycles. The van der Waals surface area contributed by atoms with Gasteiger partial charge in [-0.15, -0.1) is 0 Å². The maximum absolute atomic E-state index is 11.6. The Morgan fingerprint density at radius 2 is 2.33 bits per heavy atom. The first-order valence-corrected chi connectivity index (χ1v) is 2.48. The lowest BCUT2D eigenvalue weighted by Gasteiger charge is -1.99. The topological polar surface area (TPSA) is 55.3 Å². The van der Waals surface area contributed by atoms with Crippen LogP contribution in [0.25, 0.3) is 0 Å². The average Bonchev–Trinajstić information content (AvgIpc) is 1.83. The molecule has 0 rings (SSSR count). The van der Waals surface area contributed by atoms with Gasteiger partial charge in [-0.1, -0.05) is 5.92 Å². The fraction of sp³-hybridized carbons (Fsp3) is 0.600. The van der Waals surface area contributed by atoms with E-state index in [1.165, 1.54) is 0 Å². The molecular weight excluding hydrogens is 121 g/mol. The summed E-state index contributed by atoms with van der Waals surface area (Å²) in [6.45, 7) is -0.638. The van der Waals surface area contributed by atoms with Crippen molar-refractivity contribution >= 4 is 0 Å². The van der Waals surface area contributed by atoms with Crippen molar-refractivity contribution in [3.63, 3.8) is 0 Å². The Bertz CT molecular complexity index is 124. The predicted molar refractivity (Wildman–Crippen MR) is 33.7 cm³/mol. The lowest BCUT2D eigenvalue weighted by Crippen LogP contribution is -2.23. The fourth-order valence-corrected chi connectivity index (χ4v) is 0.223. The van der Waals surface area contributed by atoms with E-state index in [-0.39, 0.29) is 0 Å². The Morgan fingerprint density at radius 3 is 2.67 bits per heavy atom. The molecule has 0 aromatic heterocycles. The van der Waals surface area contributed by atoms with Crippen LogP contribution < -0.4 is 11.6 Å². The van der Waals surface area contributed by atoms with Crippen LogP contribution in [0.15, 0.2) is 0 Å². The third kappa shape index (κ3) is 5.07. The van der Waals surface area contributed by atoms with E-state index >= 15 is 0 Å². The van der Waals surface area contributed by atoms with Crippen LogP contribution in [0.4, 0.5) is 4.39 Å². The molecule has 1 atom stereocenters. The van der Waals surface area contributed by atoms with E-state index in [4.69, 9.17) is 11.6 Å². The van der Waals surface area contributed by atoms with Crippen molar-refractivity contribution in [3.05, 3.63) is 0 Å². The highest BCUT2D eigenvalue weighted by atomic mass is 19.1. The minimum atomic E-state index is -0.712. The molecule has 0 aliphatic rings. The zero-order chi connectivity index (χ0) is 7.28. The summed E-state index contributed by atoms with van der Waals surface area (Å²) in [5, 5.41) is 1.13. The summed E-state index contributed by atoms with van der Waals surface area (Å²) < 4.78 is 11.6. The Kier molecular flexibility index (Phi) is 3.76. The zero-order valence-electron chi connectivity index (χ0n) is 5.26. The van der Waals surface area contributed by atoms with Crippen molar-refractivity contribution in [1.29, 1.82) is 0 Å². The highest BCUT2D eigenvalue weighted by molar-refractivity contribution is 5.04. The van der Waals surface area contributed by atoms with Crippen LogP contribution >= 0.6 is 0 Å². The Balaban J connectivity index is 3.58. The fourth-order valence-electron chi connectivity index (χ4n) is 0.223. The number of hydrazine groups is 1. The number of nitrogens with two attached hydrogens (primary N) is 2. The zero-order valence-corrected chi connectivity index (χ0v) is 5.26. The molecule has 0 aliphatic carbocycles. The van der Waals surface area contributed by atoms with Crippen molar-refractivity contribution in [3.8, 4) is 12.0 Å². The molecule has 4 N–H and O–H groups in total. The summed E-state index contributed by atoms with van der Waals surface area (Å²) in [5.74, 6) is 7.46. The number of alkyl halides is 1. The second kappa shape index (κ2) is 4.13. The van der Waals surface area contributed by atoms with Gasteiger partial charge in [0.15, 0.2) is 0 Å². The molecule has 4 heteroatoms. The van der Waals surface area contributed by atoms with E-state index in [0.717, 1.165) is 5.01 Å². The SMILES string of the molecule is CN(N)C#CC(N)CF. The molecule has 0 amide bonds. The van der Waals surface area contributed by atoms with Gasteiger partial charge in [0.05, 0.1) is 6.04 Å². The van der Waals surface area contributed by atoms with Crippen molar-refractivity contribution in [1.82, 2.24) is 5.01 Å². The molecule has 0 heterocycles. The highest BCUT2D eigenvalue weighted by Gasteiger charge is 1.91. The van der Waals surface area contributed by atoms with E-state index in [1.807, 2.05) is 0 Å². The van der Waals surface area contributed by atoms with Crippen LogP contribution in [0.2, 0.25) is 0 Å². The summed E-state index contributed by atoms with van der Waals surface area (Å²) >= 11 is 0. The Labute approximate surface area is 53.8 Å². The summed E-state index contributed by atoms with van der Waals surface area (Å²) in [7, 11) is 1.55. The molecule has 0 aliphatic heterocycles. The number of rotatable bonds is 1. The van der Waals surface area contributed by atoms with Gasteiger partial charge in [0, 0.05) is 13.1 Å². The molecule has 52 valence electrons. The van der Waals surface area contributed by atoms with Crippen LogP contribution in [0.5, 0.6) is 0 Å². The van der Waals surface area contributed by atoms with E-state index in [9.17, 15) is 4.39 Å². The lowest BCUT2D eigenvalue weighted by molar-refractivity contribution is 0.467. The summed E-state index contributed by atoms with van der Waals surface area (Å²) in [6, 6.07) is 1.68. The molecule has 0 aromatic rings. The molecule has 0 fully saturated rings. The average molecular weight is 131 g/mol. The van der Waals surface area contributed by atoms with Crippen molar-refractivity contribution < 1.29 is 4.39 Å². The van der Waals surface area contributed by atoms with E-state index in [0.29, 0.717) is 0 Å². The lowest BCUT2D eigenvalue weighted by atomic mass is 10.4. The molecule has 1 unspecified atom stereocenters. The summed E-state index contributed by atoms with van der Waals surface area (Å²) in [6.07, 6.45) is 0. The van der Waals surface area contributed by atoms with Gasteiger partial charge in [0.2, 0.25) is 0 Å². The van der Waals surface area contributed by atoms with Crippen LogP contribution in [-0.4, -0.2) is 24.8 Å². The molecule has 0 bridgehead atoms. The van der Waals surface area contributed by atoms with E-state index < -0.39 is 12.7 Å². The van der Waals surface area contributed by atoms with E-state index in [2.05, 4.69) is 12.0 Å². The van der Waals surface area contributed by atoms with Gasteiger partial charge in [-0.25, -0.2) is 10.2 Å². The Hall–Kier alpha value is -0.790. The van der Waals surface area contributed by atoms with Gasteiger partial charge in [-0.2, -0.15) is 0 Å².